The van der Waals surface area contributed by atoms with Crippen LogP contribution in [0.2, 0.25) is 0 Å². The number of hydrogen-bond acceptors (Lipinski definition) is 2. The molecule has 0 radical (unpaired) electrons. The van der Waals surface area contributed by atoms with Crippen molar-refractivity contribution in [3.63, 3.8) is 0 Å². The molecule has 1 aromatic carbocycles. The van der Waals surface area contributed by atoms with Gasteiger partial charge in [0.1, 0.15) is 6.10 Å². The maximum Gasteiger partial charge on any atom is 0.572 e. The highest BCUT2D eigenvalue weighted by molar-refractivity contribution is 6.59. The Kier molecular flexibility index (Phi) is 9.90. The second-order valence-corrected chi connectivity index (χ2v) is 4.09. The molecule has 1 amide bonds. The number of amides is 1. The van der Waals surface area contributed by atoms with E-state index < -0.39 is 13.4 Å². The number of benzene rings is 1. The summed E-state index contributed by atoms with van der Waals surface area (Å²) in [6.07, 6.45) is 0.0841. The lowest BCUT2D eigenvalue weighted by atomic mass is 9.85. The first-order valence-corrected chi connectivity index (χ1v) is 6.76. The second-order valence-electron chi connectivity index (χ2n) is 4.09. The van der Waals surface area contributed by atoms with Crippen molar-refractivity contribution in [1.82, 2.24) is 4.90 Å². The van der Waals surface area contributed by atoms with Crippen molar-refractivity contribution in [3.8, 4) is 11.8 Å². The van der Waals surface area contributed by atoms with Crippen molar-refractivity contribution in [3.05, 3.63) is 29.8 Å². The second kappa shape index (κ2) is 10.9. The highest BCUT2D eigenvalue weighted by Crippen LogP contribution is 1.99. The van der Waals surface area contributed by atoms with Gasteiger partial charge < -0.3 is 10.0 Å². The summed E-state index contributed by atoms with van der Waals surface area (Å²) in [6.45, 7) is 4.39. The van der Waals surface area contributed by atoms with E-state index in [-0.39, 0.29) is 5.46 Å². The number of carbonyl (C=O) groups excluding carboxylic acids is 1. The lowest BCUT2D eigenvalue weighted by molar-refractivity contribution is -0.117. The zero-order valence-corrected chi connectivity index (χ0v) is 12.5. The lowest BCUT2D eigenvalue weighted by Crippen LogP contribution is -2.21. The standard InChI is InChI=1S/C13H14BF2NO2.C2H6/c1-17(10-18)8-7-13(19)6-5-11-3-2-4-12(9-11)14(15)16;1-2/h2-4,9-10,13,19H,7-8H2,1H3;1-2H3/t13-;/m0./s1. The first kappa shape index (κ1) is 19.1. The van der Waals surface area contributed by atoms with Gasteiger partial charge in [0.15, 0.2) is 0 Å². The van der Waals surface area contributed by atoms with Gasteiger partial charge in [-0.2, -0.15) is 0 Å². The number of carbonyl (C=O) groups is 1. The molecule has 1 atom stereocenters. The van der Waals surface area contributed by atoms with Crippen molar-refractivity contribution in [2.45, 2.75) is 26.4 Å². The van der Waals surface area contributed by atoms with Crippen molar-refractivity contribution in [2.75, 3.05) is 13.6 Å². The van der Waals surface area contributed by atoms with E-state index in [2.05, 4.69) is 11.8 Å². The van der Waals surface area contributed by atoms with Gasteiger partial charge in [0.05, 0.1) is 0 Å². The molecule has 1 aromatic rings. The average molecular weight is 295 g/mol. The van der Waals surface area contributed by atoms with Crippen LogP contribution in [-0.2, 0) is 4.79 Å². The van der Waals surface area contributed by atoms with E-state index in [9.17, 15) is 18.5 Å². The number of hydrogen-bond donors (Lipinski definition) is 1. The van der Waals surface area contributed by atoms with Crippen LogP contribution in [0.4, 0.5) is 8.63 Å². The summed E-state index contributed by atoms with van der Waals surface area (Å²) in [6, 6.07) is 5.72. The summed E-state index contributed by atoms with van der Waals surface area (Å²) < 4.78 is 24.9. The molecular formula is C15H20BF2NO2. The minimum absolute atomic E-state index is 0.0954. The number of aliphatic hydroxyl groups excluding tert-OH is 1. The number of nitrogens with zero attached hydrogens (tertiary/aromatic N) is 1. The Morgan fingerprint density at radius 3 is 2.67 bits per heavy atom. The van der Waals surface area contributed by atoms with E-state index in [4.69, 9.17) is 0 Å². The van der Waals surface area contributed by atoms with Crippen LogP contribution in [0.1, 0.15) is 25.8 Å². The molecule has 0 saturated carbocycles. The van der Waals surface area contributed by atoms with Crippen LogP contribution in [0.15, 0.2) is 24.3 Å². The SMILES string of the molecule is CC.CN(C=O)CC[C@@H](O)C#Cc1cccc(B(F)F)c1. The molecule has 0 bridgehead atoms. The fourth-order valence-corrected chi connectivity index (χ4v) is 1.37. The van der Waals surface area contributed by atoms with Crippen LogP contribution in [0.25, 0.3) is 0 Å². The van der Waals surface area contributed by atoms with E-state index in [0.717, 1.165) is 0 Å². The summed E-state index contributed by atoms with van der Waals surface area (Å²) in [5.41, 5.74) is 0.336. The quantitative estimate of drug-likeness (QED) is 0.508. The van der Waals surface area contributed by atoms with Crippen molar-refractivity contribution >= 4 is 19.1 Å². The van der Waals surface area contributed by atoms with Gasteiger partial charge in [0, 0.05) is 25.6 Å². The summed E-state index contributed by atoms with van der Waals surface area (Å²) in [4.78, 5) is 11.7. The zero-order valence-electron chi connectivity index (χ0n) is 12.5. The van der Waals surface area contributed by atoms with Gasteiger partial charge in [-0.1, -0.05) is 37.8 Å². The molecule has 0 aliphatic rings. The third-order valence-electron chi connectivity index (χ3n) is 2.46. The van der Waals surface area contributed by atoms with Crippen LogP contribution >= 0.6 is 0 Å². The molecular weight excluding hydrogens is 275 g/mol. The van der Waals surface area contributed by atoms with Crippen LogP contribution in [0, 0.1) is 11.8 Å². The largest absolute Gasteiger partial charge is 0.572 e. The normalized spacial score (nSPS) is 10.4. The molecule has 0 saturated heterocycles. The van der Waals surface area contributed by atoms with Crippen molar-refractivity contribution in [1.29, 1.82) is 0 Å². The Labute approximate surface area is 125 Å². The number of aliphatic hydroxyl groups is 1. The molecule has 0 fully saturated rings. The van der Waals surface area contributed by atoms with E-state index in [1.165, 1.54) is 23.1 Å². The number of rotatable bonds is 5. The highest BCUT2D eigenvalue weighted by Gasteiger charge is 2.15. The van der Waals surface area contributed by atoms with Gasteiger partial charge in [-0.15, -0.1) is 0 Å². The molecule has 0 spiro atoms. The van der Waals surface area contributed by atoms with Crippen LogP contribution in [0.5, 0.6) is 0 Å². The molecule has 6 heteroatoms. The summed E-state index contributed by atoms with van der Waals surface area (Å²) in [7, 11) is -0.938. The highest BCUT2D eigenvalue weighted by atomic mass is 19.2. The van der Waals surface area contributed by atoms with E-state index >= 15 is 0 Å². The molecule has 0 aromatic heterocycles. The first-order valence-electron chi connectivity index (χ1n) is 6.76. The fraction of sp³-hybridized carbons (Fsp3) is 0.400. The van der Waals surface area contributed by atoms with Crippen molar-refractivity contribution in [2.24, 2.45) is 0 Å². The Bertz CT molecular complexity index is 486. The smallest absolute Gasteiger partial charge is 0.380 e. The number of halogens is 2. The van der Waals surface area contributed by atoms with Crippen LogP contribution < -0.4 is 5.46 Å². The van der Waals surface area contributed by atoms with Crippen LogP contribution in [-0.4, -0.2) is 43.4 Å². The zero-order chi connectivity index (χ0) is 16.3. The Morgan fingerprint density at radius 2 is 2.10 bits per heavy atom. The third kappa shape index (κ3) is 8.11. The predicted molar refractivity (Wildman–Crippen MR) is 81.6 cm³/mol. The van der Waals surface area contributed by atoms with E-state index in [1.807, 2.05) is 13.8 Å². The molecule has 0 aliphatic carbocycles. The topological polar surface area (TPSA) is 40.5 Å². The maximum atomic E-state index is 12.5. The van der Waals surface area contributed by atoms with Gasteiger partial charge in [0.25, 0.3) is 0 Å². The van der Waals surface area contributed by atoms with Gasteiger partial charge in [-0.3, -0.25) is 13.4 Å². The third-order valence-corrected chi connectivity index (χ3v) is 2.46. The minimum atomic E-state index is -2.53. The van der Waals surface area contributed by atoms with E-state index in [1.54, 1.807) is 13.1 Å². The predicted octanol–water partition coefficient (Wildman–Crippen LogP) is 1.54. The monoisotopic (exact) mass is 295 g/mol. The Balaban J connectivity index is 0.00000191. The molecule has 1 N–H and O–H groups in total. The minimum Gasteiger partial charge on any atom is -0.380 e. The summed E-state index contributed by atoms with van der Waals surface area (Å²) in [5.74, 6) is 5.20. The lowest BCUT2D eigenvalue weighted by Gasteiger charge is -2.10. The molecule has 0 unspecified atom stereocenters. The van der Waals surface area contributed by atoms with Crippen LogP contribution in [0.3, 0.4) is 0 Å². The van der Waals surface area contributed by atoms with Crippen molar-refractivity contribution < 1.29 is 18.5 Å². The van der Waals surface area contributed by atoms with Gasteiger partial charge in [-0.25, -0.2) is 0 Å². The molecule has 3 nitrogen and oxygen atoms in total. The van der Waals surface area contributed by atoms with E-state index in [0.29, 0.717) is 24.9 Å². The molecule has 0 heterocycles. The first-order chi connectivity index (χ1) is 10.0. The maximum absolute atomic E-state index is 12.5. The fourth-order valence-electron chi connectivity index (χ4n) is 1.37. The summed E-state index contributed by atoms with van der Waals surface area (Å²) >= 11 is 0. The molecule has 1 rings (SSSR count). The van der Waals surface area contributed by atoms with Gasteiger partial charge in [0.2, 0.25) is 6.41 Å². The molecule has 0 aliphatic heterocycles. The Hall–Kier alpha value is -1.87. The molecule has 21 heavy (non-hydrogen) atoms. The summed E-state index contributed by atoms with van der Waals surface area (Å²) in [5, 5.41) is 9.57. The van der Waals surface area contributed by atoms with Gasteiger partial charge >= 0.3 is 7.27 Å². The average Bonchev–Trinajstić information content (AvgIpc) is 2.52. The molecule has 114 valence electrons. The van der Waals surface area contributed by atoms with Gasteiger partial charge in [-0.05, 0) is 17.6 Å². The Morgan fingerprint density at radius 1 is 1.43 bits per heavy atom.